The molecule has 1 aliphatic carbocycles. The van der Waals surface area contributed by atoms with Crippen LogP contribution in [0.25, 0.3) is 10.9 Å². The second kappa shape index (κ2) is 3.51. The summed E-state index contributed by atoms with van der Waals surface area (Å²) in [5, 5.41) is 5.81. The Bertz CT molecular complexity index is 526. The minimum Gasteiger partial charge on any atom is -0.494 e. The van der Waals surface area contributed by atoms with Gasteiger partial charge in [0.1, 0.15) is 11.3 Å². The summed E-state index contributed by atoms with van der Waals surface area (Å²) in [4.78, 5) is 0. The van der Waals surface area contributed by atoms with Gasteiger partial charge in [-0.1, -0.05) is 6.92 Å². The van der Waals surface area contributed by atoms with Gasteiger partial charge in [-0.15, -0.1) is 0 Å². The molecular weight excluding hydrogens is 200 g/mol. The van der Waals surface area contributed by atoms with Crippen molar-refractivity contribution >= 4 is 10.9 Å². The van der Waals surface area contributed by atoms with Crippen LogP contribution in [0.4, 0.5) is 0 Å². The number of ether oxygens (including phenoxy) is 1. The third kappa shape index (κ3) is 1.47. The van der Waals surface area contributed by atoms with Crippen molar-refractivity contribution in [2.45, 2.75) is 32.2 Å². The average Bonchev–Trinajstić information content (AvgIpc) is 3.07. The number of fused-ring (bicyclic) bond motifs is 1. The van der Waals surface area contributed by atoms with Crippen molar-refractivity contribution in [1.29, 1.82) is 0 Å². The van der Waals surface area contributed by atoms with Gasteiger partial charge in [-0.05, 0) is 37.0 Å². The standard InChI is InChI=1S/C13H16N2O/c1-3-9-6-10-8-15(11-4-5-11)14-13(10)12(7-9)16-2/h6-8,11H,3-5H2,1-2H3. The fourth-order valence-corrected chi connectivity index (χ4v) is 2.07. The summed E-state index contributed by atoms with van der Waals surface area (Å²) >= 11 is 0. The van der Waals surface area contributed by atoms with Gasteiger partial charge in [-0.2, -0.15) is 5.10 Å². The Morgan fingerprint density at radius 1 is 1.44 bits per heavy atom. The predicted molar refractivity (Wildman–Crippen MR) is 63.9 cm³/mol. The second-order valence-corrected chi connectivity index (χ2v) is 4.43. The highest BCUT2D eigenvalue weighted by Crippen LogP contribution is 2.36. The van der Waals surface area contributed by atoms with Crippen molar-refractivity contribution < 1.29 is 4.74 Å². The highest BCUT2D eigenvalue weighted by atomic mass is 16.5. The second-order valence-electron chi connectivity index (χ2n) is 4.43. The number of hydrogen-bond donors (Lipinski definition) is 0. The molecule has 2 aromatic rings. The van der Waals surface area contributed by atoms with E-state index in [0.717, 1.165) is 17.7 Å². The molecule has 1 aliphatic rings. The highest BCUT2D eigenvalue weighted by Gasteiger charge is 2.25. The van der Waals surface area contributed by atoms with E-state index in [1.165, 1.54) is 23.8 Å². The van der Waals surface area contributed by atoms with Crippen LogP contribution in [0.5, 0.6) is 5.75 Å². The van der Waals surface area contributed by atoms with Crippen LogP contribution >= 0.6 is 0 Å². The largest absolute Gasteiger partial charge is 0.494 e. The first-order valence-corrected chi connectivity index (χ1v) is 5.87. The first-order valence-electron chi connectivity index (χ1n) is 5.87. The summed E-state index contributed by atoms with van der Waals surface area (Å²) in [6.45, 7) is 2.16. The molecule has 16 heavy (non-hydrogen) atoms. The number of methoxy groups -OCH3 is 1. The topological polar surface area (TPSA) is 27.1 Å². The van der Waals surface area contributed by atoms with Crippen molar-refractivity contribution in [2.24, 2.45) is 0 Å². The van der Waals surface area contributed by atoms with Gasteiger partial charge in [0, 0.05) is 11.6 Å². The minimum atomic E-state index is 0.627. The Kier molecular flexibility index (Phi) is 2.13. The van der Waals surface area contributed by atoms with Crippen molar-refractivity contribution in [2.75, 3.05) is 7.11 Å². The van der Waals surface area contributed by atoms with Crippen LogP contribution in [0.15, 0.2) is 18.3 Å². The first kappa shape index (κ1) is 9.70. The zero-order chi connectivity index (χ0) is 11.1. The van der Waals surface area contributed by atoms with Gasteiger partial charge in [0.15, 0.2) is 0 Å². The SMILES string of the molecule is CCc1cc(OC)c2nn(C3CC3)cc2c1. The zero-order valence-corrected chi connectivity index (χ0v) is 9.73. The van der Waals surface area contributed by atoms with Crippen LogP contribution in [0.2, 0.25) is 0 Å². The Morgan fingerprint density at radius 3 is 2.88 bits per heavy atom. The third-order valence-corrected chi connectivity index (χ3v) is 3.20. The van der Waals surface area contributed by atoms with E-state index in [-0.39, 0.29) is 0 Å². The van der Waals surface area contributed by atoms with E-state index in [1.54, 1.807) is 7.11 Å². The minimum absolute atomic E-state index is 0.627. The van der Waals surface area contributed by atoms with Crippen LogP contribution in [0.1, 0.15) is 31.4 Å². The fraction of sp³-hybridized carbons (Fsp3) is 0.462. The molecule has 0 bridgehead atoms. The molecule has 3 rings (SSSR count). The molecule has 1 aromatic heterocycles. The zero-order valence-electron chi connectivity index (χ0n) is 9.73. The predicted octanol–water partition coefficient (Wildman–Crippen LogP) is 2.94. The van der Waals surface area contributed by atoms with Crippen molar-refractivity contribution in [3.63, 3.8) is 0 Å². The number of aryl methyl sites for hydroxylation is 1. The molecular formula is C13H16N2O. The smallest absolute Gasteiger partial charge is 0.147 e. The van der Waals surface area contributed by atoms with Crippen molar-refractivity contribution in [3.8, 4) is 5.75 Å². The lowest BCUT2D eigenvalue weighted by Crippen LogP contribution is -1.93. The Hall–Kier alpha value is -1.51. The molecule has 0 saturated heterocycles. The molecule has 0 spiro atoms. The molecule has 0 unspecified atom stereocenters. The van der Waals surface area contributed by atoms with Gasteiger partial charge in [-0.3, -0.25) is 4.68 Å². The summed E-state index contributed by atoms with van der Waals surface area (Å²) in [5.74, 6) is 0.897. The van der Waals surface area contributed by atoms with E-state index in [0.29, 0.717) is 6.04 Å². The molecule has 0 atom stereocenters. The van der Waals surface area contributed by atoms with E-state index in [2.05, 4.69) is 35.0 Å². The maximum absolute atomic E-state index is 5.41. The molecule has 3 nitrogen and oxygen atoms in total. The molecule has 1 heterocycles. The number of rotatable bonds is 3. The number of aromatic nitrogens is 2. The van der Waals surface area contributed by atoms with E-state index in [1.807, 2.05) is 0 Å². The van der Waals surface area contributed by atoms with E-state index in [4.69, 9.17) is 4.74 Å². The van der Waals surface area contributed by atoms with Crippen molar-refractivity contribution in [3.05, 3.63) is 23.9 Å². The number of hydrogen-bond acceptors (Lipinski definition) is 2. The Morgan fingerprint density at radius 2 is 2.25 bits per heavy atom. The summed E-state index contributed by atoms with van der Waals surface area (Å²) in [5.41, 5.74) is 2.30. The average molecular weight is 216 g/mol. The molecule has 0 amide bonds. The monoisotopic (exact) mass is 216 g/mol. The van der Waals surface area contributed by atoms with Gasteiger partial charge in [0.2, 0.25) is 0 Å². The molecule has 1 saturated carbocycles. The summed E-state index contributed by atoms with van der Waals surface area (Å²) < 4.78 is 7.50. The van der Waals surface area contributed by atoms with Gasteiger partial charge < -0.3 is 4.74 Å². The molecule has 0 radical (unpaired) electrons. The maximum Gasteiger partial charge on any atom is 0.147 e. The van der Waals surface area contributed by atoms with E-state index >= 15 is 0 Å². The lowest BCUT2D eigenvalue weighted by Gasteiger charge is -2.03. The van der Waals surface area contributed by atoms with Gasteiger partial charge >= 0.3 is 0 Å². The van der Waals surface area contributed by atoms with E-state index in [9.17, 15) is 0 Å². The lowest BCUT2D eigenvalue weighted by atomic mass is 10.1. The van der Waals surface area contributed by atoms with Gasteiger partial charge in [-0.25, -0.2) is 0 Å². The highest BCUT2D eigenvalue weighted by molar-refractivity contribution is 5.85. The Balaban J connectivity index is 2.18. The molecule has 0 N–H and O–H groups in total. The lowest BCUT2D eigenvalue weighted by molar-refractivity contribution is 0.417. The first-order chi connectivity index (χ1) is 7.81. The van der Waals surface area contributed by atoms with Crippen LogP contribution < -0.4 is 4.74 Å². The molecule has 84 valence electrons. The number of benzene rings is 1. The van der Waals surface area contributed by atoms with Crippen LogP contribution in [-0.4, -0.2) is 16.9 Å². The quantitative estimate of drug-likeness (QED) is 0.788. The van der Waals surface area contributed by atoms with Crippen LogP contribution in [-0.2, 0) is 6.42 Å². The molecule has 1 fully saturated rings. The Labute approximate surface area is 95.0 Å². The van der Waals surface area contributed by atoms with E-state index < -0.39 is 0 Å². The van der Waals surface area contributed by atoms with Gasteiger partial charge in [0.25, 0.3) is 0 Å². The molecule has 0 aliphatic heterocycles. The summed E-state index contributed by atoms with van der Waals surface area (Å²) in [6, 6.07) is 4.93. The summed E-state index contributed by atoms with van der Waals surface area (Å²) in [6.07, 6.45) is 5.70. The van der Waals surface area contributed by atoms with Crippen molar-refractivity contribution in [1.82, 2.24) is 9.78 Å². The molecule has 3 heteroatoms. The fourth-order valence-electron chi connectivity index (χ4n) is 2.07. The van der Waals surface area contributed by atoms with Crippen LogP contribution in [0, 0.1) is 0 Å². The normalized spacial score (nSPS) is 15.6. The maximum atomic E-state index is 5.41. The summed E-state index contributed by atoms with van der Waals surface area (Å²) in [7, 11) is 1.71. The van der Waals surface area contributed by atoms with Gasteiger partial charge in [0.05, 0.1) is 13.2 Å². The number of nitrogens with zero attached hydrogens (tertiary/aromatic N) is 2. The molecule has 1 aromatic carbocycles. The third-order valence-electron chi connectivity index (χ3n) is 3.20. The van der Waals surface area contributed by atoms with Crippen LogP contribution in [0.3, 0.4) is 0 Å².